The van der Waals surface area contributed by atoms with Gasteiger partial charge in [-0.25, -0.2) is 4.79 Å². The van der Waals surface area contributed by atoms with E-state index in [-0.39, 0.29) is 17.3 Å². The Hall–Kier alpha value is -2.85. The molecule has 0 spiro atoms. The Morgan fingerprint density at radius 1 is 1.25 bits per heavy atom. The van der Waals surface area contributed by atoms with Crippen LogP contribution in [0.2, 0.25) is 0 Å². The van der Waals surface area contributed by atoms with Gasteiger partial charge in [0, 0.05) is 11.7 Å². The van der Waals surface area contributed by atoms with Crippen molar-refractivity contribution >= 4 is 45.7 Å². The second kappa shape index (κ2) is 6.95. The molecule has 5 rings (SSSR count). The fourth-order valence-electron chi connectivity index (χ4n) is 3.05. The predicted molar refractivity (Wildman–Crippen MR) is 110 cm³/mol. The van der Waals surface area contributed by atoms with Crippen molar-refractivity contribution in [1.29, 1.82) is 0 Å². The summed E-state index contributed by atoms with van der Waals surface area (Å²) in [7, 11) is 0. The number of imidazole rings is 1. The number of H-pyrrole nitrogens is 2. The average molecular weight is 413 g/mol. The van der Waals surface area contributed by atoms with E-state index in [9.17, 15) is 9.59 Å². The van der Waals surface area contributed by atoms with Crippen molar-refractivity contribution in [3.05, 3.63) is 46.2 Å². The zero-order valence-corrected chi connectivity index (χ0v) is 16.3. The summed E-state index contributed by atoms with van der Waals surface area (Å²) in [5.74, 6) is 0.976. The molecule has 1 amide bonds. The molecule has 10 heteroatoms. The molecule has 0 atom stereocenters. The second-order valence-electron chi connectivity index (χ2n) is 6.56. The van der Waals surface area contributed by atoms with Crippen molar-refractivity contribution in [1.82, 2.24) is 24.7 Å². The lowest BCUT2D eigenvalue weighted by Gasteiger charge is -2.08. The summed E-state index contributed by atoms with van der Waals surface area (Å²) >= 11 is 3.02. The molecule has 28 heavy (non-hydrogen) atoms. The van der Waals surface area contributed by atoms with Gasteiger partial charge in [-0.05, 0) is 42.5 Å². The zero-order valence-electron chi connectivity index (χ0n) is 14.6. The number of hydrogen-bond donors (Lipinski definition) is 3. The quantitative estimate of drug-likeness (QED) is 0.421. The number of carbonyl (C=O) groups excluding carboxylic acids is 1. The van der Waals surface area contributed by atoms with Crippen molar-refractivity contribution in [2.45, 2.75) is 24.0 Å². The van der Waals surface area contributed by atoms with Crippen molar-refractivity contribution in [2.75, 3.05) is 11.1 Å². The largest absolute Gasteiger partial charge is 0.325 e. The highest BCUT2D eigenvalue weighted by Crippen LogP contribution is 2.41. The summed E-state index contributed by atoms with van der Waals surface area (Å²) in [5.41, 5.74) is 1.73. The third-order valence-electron chi connectivity index (χ3n) is 4.45. The number of anilines is 1. The molecule has 1 saturated carbocycles. The molecule has 3 heterocycles. The molecule has 8 nitrogen and oxygen atoms in total. The van der Waals surface area contributed by atoms with Gasteiger partial charge in [-0.3, -0.25) is 9.36 Å². The van der Waals surface area contributed by atoms with E-state index in [4.69, 9.17) is 0 Å². The molecule has 0 aliphatic heterocycles. The summed E-state index contributed by atoms with van der Waals surface area (Å²) in [6, 6.07) is 9.71. The molecule has 1 aromatic carbocycles. The smallest absolute Gasteiger partial charge is 0.323 e. The topological polar surface area (TPSA) is 108 Å². The second-order valence-corrected chi connectivity index (χ2v) is 8.45. The van der Waals surface area contributed by atoms with Crippen molar-refractivity contribution in [3.63, 3.8) is 0 Å². The minimum atomic E-state index is -0.269. The number of thioether (sulfide) groups is 1. The van der Waals surface area contributed by atoms with Gasteiger partial charge >= 0.3 is 5.69 Å². The number of rotatable bonds is 6. The predicted octanol–water partition coefficient (Wildman–Crippen LogP) is 3.24. The van der Waals surface area contributed by atoms with E-state index in [0.29, 0.717) is 22.8 Å². The van der Waals surface area contributed by atoms with Crippen LogP contribution in [0.1, 0.15) is 18.9 Å². The number of thiophene rings is 1. The Kier molecular flexibility index (Phi) is 4.29. The first-order valence-electron chi connectivity index (χ1n) is 8.81. The number of benzene rings is 1. The Labute approximate surface area is 167 Å². The molecule has 0 bridgehead atoms. The summed E-state index contributed by atoms with van der Waals surface area (Å²) in [6.45, 7) is 0. The van der Waals surface area contributed by atoms with Gasteiger partial charge in [0.1, 0.15) is 0 Å². The number of carbonyl (C=O) groups is 1. The number of aromatic nitrogens is 5. The molecule has 1 aliphatic carbocycles. The van der Waals surface area contributed by atoms with Crippen molar-refractivity contribution < 1.29 is 4.79 Å². The van der Waals surface area contributed by atoms with Crippen LogP contribution in [0.4, 0.5) is 5.69 Å². The van der Waals surface area contributed by atoms with Crippen molar-refractivity contribution in [3.8, 4) is 10.7 Å². The lowest BCUT2D eigenvalue weighted by atomic mass is 10.3. The van der Waals surface area contributed by atoms with Gasteiger partial charge in [-0.15, -0.1) is 21.5 Å². The van der Waals surface area contributed by atoms with Gasteiger partial charge in [-0.1, -0.05) is 17.8 Å². The highest BCUT2D eigenvalue weighted by atomic mass is 32.2. The monoisotopic (exact) mass is 412 g/mol. The fourth-order valence-corrected chi connectivity index (χ4v) is 4.56. The summed E-state index contributed by atoms with van der Waals surface area (Å²) in [5, 5.41) is 14.3. The molecule has 1 fully saturated rings. The molecule has 0 unspecified atom stereocenters. The van der Waals surface area contributed by atoms with Gasteiger partial charge in [0.05, 0.1) is 21.7 Å². The minimum absolute atomic E-state index is 0.134. The maximum absolute atomic E-state index is 12.4. The van der Waals surface area contributed by atoms with E-state index >= 15 is 0 Å². The third kappa shape index (κ3) is 3.36. The molecule has 4 aromatic rings. The molecule has 1 aliphatic rings. The van der Waals surface area contributed by atoms with Gasteiger partial charge in [0.25, 0.3) is 0 Å². The van der Waals surface area contributed by atoms with E-state index in [1.165, 1.54) is 11.8 Å². The first-order chi connectivity index (χ1) is 13.7. The number of aromatic amines is 2. The first-order valence-corrected chi connectivity index (χ1v) is 10.7. The van der Waals surface area contributed by atoms with Crippen molar-refractivity contribution in [2.24, 2.45) is 0 Å². The van der Waals surface area contributed by atoms with E-state index in [1.807, 2.05) is 17.5 Å². The molecule has 0 saturated heterocycles. The highest BCUT2D eigenvalue weighted by molar-refractivity contribution is 7.99. The lowest BCUT2D eigenvalue weighted by Crippen LogP contribution is -2.14. The first kappa shape index (κ1) is 17.3. The Balaban J connectivity index is 1.29. The zero-order chi connectivity index (χ0) is 19.1. The number of nitrogens with zero attached hydrogens (tertiary/aromatic N) is 3. The molecule has 3 aromatic heterocycles. The van der Waals surface area contributed by atoms with Crippen LogP contribution in [0.15, 0.2) is 45.7 Å². The highest BCUT2D eigenvalue weighted by Gasteiger charge is 2.30. The van der Waals surface area contributed by atoms with Gasteiger partial charge in [-0.2, -0.15) is 0 Å². The minimum Gasteiger partial charge on any atom is -0.325 e. The number of amides is 1. The Morgan fingerprint density at radius 3 is 2.89 bits per heavy atom. The third-order valence-corrected chi connectivity index (χ3v) is 6.26. The van der Waals surface area contributed by atoms with Crippen LogP contribution in [0.5, 0.6) is 0 Å². The van der Waals surface area contributed by atoms with E-state index in [1.54, 1.807) is 29.5 Å². The maximum Gasteiger partial charge on any atom is 0.323 e. The number of nitrogens with one attached hydrogen (secondary N) is 3. The van der Waals surface area contributed by atoms with Gasteiger partial charge in [0.2, 0.25) is 5.91 Å². The molecule has 142 valence electrons. The van der Waals surface area contributed by atoms with Crippen LogP contribution in [0.25, 0.3) is 21.7 Å². The lowest BCUT2D eigenvalue weighted by molar-refractivity contribution is -0.113. The standard InChI is InChI=1S/C18H16N6O2S2/c25-15(19-10-3-6-12-13(8-10)21-17(26)20-12)9-28-18-23-22-16(14-2-1-7-27-14)24(18)11-4-5-11/h1-3,6-8,11H,4-5,9H2,(H,19,25)(H2,20,21,26). The summed E-state index contributed by atoms with van der Waals surface area (Å²) < 4.78 is 2.15. The number of fused-ring (bicyclic) bond motifs is 1. The van der Waals surface area contributed by atoms with Crippen LogP contribution < -0.4 is 11.0 Å². The number of hydrogen-bond acceptors (Lipinski definition) is 6. The summed E-state index contributed by atoms with van der Waals surface area (Å²) in [6.07, 6.45) is 2.23. The Bertz CT molecular complexity index is 1200. The van der Waals surface area contributed by atoms with Crippen LogP contribution in [-0.4, -0.2) is 36.4 Å². The maximum atomic E-state index is 12.4. The average Bonchev–Trinajstić information content (AvgIpc) is 3.08. The van der Waals surface area contributed by atoms with Crippen LogP contribution in [0.3, 0.4) is 0 Å². The van der Waals surface area contributed by atoms with Crippen LogP contribution in [0, 0.1) is 0 Å². The van der Waals surface area contributed by atoms with E-state index in [2.05, 4.69) is 30.0 Å². The SMILES string of the molecule is O=C(CSc1nnc(-c2cccs2)n1C1CC1)Nc1ccc2[nH]c(=O)[nH]c2c1. The van der Waals surface area contributed by atoms with E-state index in [0.717, 1.165) is 28.7 Å². The fraction of sp³-hybridized carbons (Fsp3) is 0.222. The molecular weight excluding hydrogens is 396 g/mol. The molecular formula is C18H16N6O2S2. The normalized spacial score (nSPS) is 13.9. The van der Waals surface area contributed by atoms with Gasteiger partial charge in [0.15, 0.2) is 11.0 Å². The van der Waals surface area contributed by atoms with E-state index < -0.39 is 0 Å². The molecule has 0 radical (unpaired) electrons. The summed E-state index contributed by atoms with van der Waals surface area (Å²) in [4.78, 5) is 30.2. The Morgan fingerprint density at radius 2 is 2.11 bits per heavy atom. The van der Waals surface area contributed by atoms with Crippen LogP contribution >= 0.6 is 23.1 Å². The molecule has 3 N–H and O–H groups in total. The van der Waals surface area contributed by atoms with Gasteiger partial charge < -0.3 is 15.3 Å². The van der Waals surface area contributed by atoms with Crippen LogP contribution in [-0.2, 0) is 4.79 Å².